The van der Waals surface area contributed by atoms with Crippen LogP contribution in [-0.2, 0) is 4.79 Å². The SMILES string of the molecule is N#Cc1cc(F)cc2c1N1CCC[C@@H](NC(=O)C(F)(F)F)[C@H]1c1ccccc1O2. The Morgan fingerprint density at radius 1 is 1.24 bits per heavy atom. The molecule has 2 aliphatic rings. The summed E-state index contributed by atoms with van der Waals surface area (Å²) in [4.78, 5) is 13.4. The van der Waals surface area contributed by atoms with Crippen LogP contribution in [0.25, 0.3) is 0 Å². The van der Waals surface area contributed by atoms with Crippen molar-refractivity contribution in [2.45, 2.75) is 31.1 Å². The zero-order valence-electron chi connectivity index (χ0n) is 15.0. The third-order valence-corrected chi connectivity index (χ3v) is 5.11. The Balaban J connectivity index is 1.87. The number of carbonyl (C=O) groups is 1. The van der Waals surface area contributed by atoms with Crippen molar-refractivity contribution >= 4 is 11.6 Å². The third kappa shape index (κ3) is 3.35. The van der Waals surface area contributed by atoms with Crippen molar-refractivity contribution in [1.29, 1.82) is 5.26 Å². The molecule has 2 heterocycles. The number of benzene rings is 2. The van der Waals surface area contributed by atoms with Gasteiger partial charge in [0.15, 0.2) is 5.75 Å². The number of ether oxygens (including phenoxy) is 1. The van der Waals surface area contributed by atoms with Crippen molar-refractivity contribution < 1.29 is 27.1 Å². The van der Waals surface area contributed by atoms with Crippen LogP contribution in [0.5, 0.6) is 11.5 Å². The highest BCUT2D eigenvalue weighted by Gasteiger charge is 2.45. The van der Waals surface area contributed by atoms with Crippen LogP contribution in [0, 0.1) is 17.1 Å². The number of rotatable bonds is 1. The number of nitrogens with one attached hydrogen (secondary N) is 1. The van der Waals surface area contributed by atoms with Crippen LogP contribution in [-0.4, -0.2) is 24.7 Å². The number of hydrogen-bond acceptors (Lipinski definition) is 4. The van der Waals surface area contributed by atoms with Gasteiger partial charge < -0.3 is 15.0 Å². The number of anilines is 1. The van der Waals surface area contributed by atoms with E-state index in [0.29, 0.717) is 36.4 Å². The van der Waals surface area contributed by atoms with Gasteiger partial charge in [-0.15, -0.1) is 0 Å². The summed E-state index contributed by atoms with van der Waals surface area (Å²) < 4.78 is 58.5. The lowest BCUT2D eigenvalue weighted by molar-refractivity contribution is -0.174. The molecule has 1 saturated heterocycles. The van der Waals surface area contributed by atoms with Crippen LogP contribution in [0.15, 0.2) is 36.4 Å². The standard InChI is InChI=1S/C20H15F4N3O2/c21-12-8-11(10-25)17-16(9-12)29-15-6-2-1-4-13(15)18-14(5-3-7-27(17)18)26-19(28)20(22,23)24/h1-2,4,6,8-9,14,18H,3,5,7H2,(H,26,28)/t14-,18-/m1/s1. The second-order valence-electron chi connectivity index (χ2n) is 6.91. The minimum absolute atomic E-state index is 0.0144. The lowest BCUT2D eigenvalue weighted by Crippen LogP contribution is -2.52. The van der Waals surface area contributed by atoms with Crippen LogP contribution >= 0.6 is 0 Å². The van der Waals surface area contributed by atoms with Crippen molar-refractivity contribution in [3.05, 3.63) is 53.3 Å². The zero-order valence-corrected chi connectivity index (χ0v) is 15.0. The molecule has 9 heteroatoms. The van der Waals surface area contributed by atoms with Gasteiger partial charge in [-0.3, -0.25) is 4.79 Å². The number of fused-ring (bicyclic) bond motifs is 5. The Hall–Kier alpha value is -3.28. The maximum absolute atomic E-state index is 14.0. The zero-order chi connectivity index (χ0) is 20.8. The number of carbonyl (C=O) groups excluding carboxylic acids is 1. The summed E-state index contributed by atoms with van der Waals surface area (Å²) in [5, 5.41) is 11.6. The van der Waals surface area contributed by atoms with Gasteiger partial charge in [0.1, 0.15) is 17.6 Å². The molecule has 2 aromatic carbocycles. The van der Waals surface area contributed by atoms with Gasteiger partial charge in [-0.25, -0.2) is 4.39 Å². The Kier molecular flexibility index (Phi) is 4.57. The lowest BCUT2D eigenvalue weighted by Gasteiger charge is -2.42. The van der Waals surface area contributed by atoms with Crippen molar-refractivity contribution in [2.75, 3.05) is 11.4 Å². The number of para-hydroxylation sites is 1. The highest BCUT2D eigenvalue weighted by Crippen LogP contribution is 2.49. The fourth-order valence-corrected chi connectivity index (χ4v) is 4.00. The Bertz CT molecular complexity index is 1020. The number of nitrogens with zero attached hydrogens (tertiary/aromatic N) is 2. The second kappa shape index (κ2) is 6.95. The summed E-state index contributed by atoms with van der Waals surface area (Å²) in [7, 11) is 0. The van der Waals surface area contributed by atoms with Gasteiger partial charge in [0.25, 0.3) is 0 Å². The second-order valence-corrected chi connectivity index (χ2v) is 6.91. The van der Waals surface area contributed by atoms with Gasteiger partial charge in [0.05, 0.1) is 23.3 Å². The van der Waals surface area contributed by atoms with E-state index in [1.54, 1.807) is 29.2 Å². The van der Waals surface area contributed by atoms with Crippen molar-refractivity contribution in [2.24, 2.45) is 0 Å². The molecule has 5 nitrogen and oxygen atoms in total. The molecular formula is C20H15F4N3O2. The van der Waals surface area contributed by atoms with Crippen LogP contribution in [0.3, 0.4) is 0 Å². The largest absolute Gasteiger partial charge is 0.471 e. The first-order valence-electron chi connectivity index (χ1n) is 8.94. The maximum atomic E-state index is 14.0. The summed E-state index contributed by atoms with van der Waals surface area (Å²) >= 11 is 0. The molecule has 0 aromatic heterocycles. The Morgan fingerprint density at radius 2 is 2.00 bits per heavy atom. The molecule has 1 amide bonds. The molecule has 0 radical (unpaired) electrons. The lowest BCUT2D eigenvalue weighted by atomic mass is 9.89. The smallest absolute Gasteiger partial charge is 0.455 e. The molecular weight excluding hydrogens is 390 g/mol. The first-order valence-corrected chi connectivity index (χ1v) is 8.94. The van der Waals surface area contributed by atoms with E-state index < -0.39 is 30.0 Å². The monoisotopic (exact) mass is 405 g/mol. The van der Waals surface area contributed by atoms with Gasteiger partial charge in [-0.05, 0) is 25.0 Å². The average molecular weight is 405 g/mol. The molecule has 0 bridgehead atoms. The molecule has 4 rings (SSSR count). The molecule has 0 saturated carbocycles. The van der Waals surface area contributed by atoms with E-state index in [-0.39, 0.29) is 11.3 Å². The minimum Gasteiger partial charge on any atom is -0.455 e. The van der Waals surface area contributed by atoms with Gasteiger partial charge in [-0.1, -0.05) is 18.2 Å². The molecule has 0 aliphatic carbocycles. The average Bonchev–Trinajstić information content (AvgIpc) is 2.81. The van der Waals surface area contributed by atoms with Gasteiger partial charge in [-0.2, -0.15) is 18.4 Å². The molecule has 2 aliphatic heterocycles. The highest BCUT2D eigenvalue weighted by molar-refractivity contribution is 5.82. The van der Waals surface area contributed by atoms with E-state index in [1.807, 2.05) is 6.07 Å². The van der Waals surface area contributed by atoms with E-state index in [0.717, 1.165) is 12.1 Å². The summed E-state index contributed by atoms with van der Waals surface area (Å²) in [6, 6.07) is 9.28. The Labute approximate surface area is 163 Å². The molecule has 0 spiro atoms. The minimum atomic E-state index is -5.01. The van der Waals surface area contributed by atoms with E-state index in [4.69, 9.17) is 4.74 Å². The van der Waals surface area contributed by atoms with Crippen molar-refractivity contribution in [3.8, 4) is 17.6 Å². The normalized spacial score (nSPS) is 20.3. The predicted molar refractivity (Wildman–Crippen MR) is 94.9 cm³/mol. The molecule has 0 unspecified atom stereocenters. The molecule has 2 atom stereocenters. The van der Waals surface area contributed by atoms with Crippen LogP contribution in [0.2, 0.25) is 0 Å². The van der Waals surface area contributed by atoms with Gasteiger partial charge in [0.2, 0.25) is 0 Å². The van der Waals surface area contributed by atoms with Crippen LogP contribution in [0.1, 0.15) is 30.0 Å². The number of hydrogen-bond donors (Lipinski definition) is 1. The first kappa shape index (κ1) is 19.1. The fraction of sp³-hybridized carbons (Fsp3) is 0.300. The number of amides is 1. The Morgan fingerprint density at radius 3 is 2.72 bits per heavy atom. The molecule has 150 valence electrons. The summed E-state index contributed by atoms with van der Waals surface area (Å²) in [6.45, 7) is 0.411. The molecule has 1 fully saturated rings. The summed E-state index contributed by atoms with van der Waals surface area (Å²) in [5.41, 5.74) is 0.877. The topological polar surface area (TPSA) is 65.4 Å². The molecule has 2 aromatic rings. The first-order chi connectivity index (χ1) is 13.8. The highest BCUT2D eigenvalue weighted by atomic mass is 19.4. The van der Waals surface area contributed by atoms with Crippen molar-refractivity contribution in [1.82, 2.24) is 5.32 Å². The van der Waals surface area contributed by atoms with E-state index >= 15 is 0 Å². The number of nitriles is 1. The van der Waals surface area contributed by atoms with E-state index in [1.165, 1.54) is 0 Å². The summed E-state index contributed by atoms with van der Waals surface area (Å²) in [6.07, 6.45) is -4.22. The van der Waals surface area contributed by atoms with E-state index in [9.17, 15) is 27.6 Å². The van der Waals surface area contributed by atoms with Crippen LogP contribution < -0.4 is 15.0 Å². The molecule has 29 heavy (non-hydrogen) atoms. The summed E-state index contributed by atoms with van der Waals surface area (Å²) in [5.74, 6) is -2.23. The fourth-order valence-electron chi connectivity index (χ4n) is 4.00. The van der Waals surface area contributed by atoms with Gasteiger partial charge in [0, 0.05) is 18.2 Å². The number of piperidine rings is 1. The predicted octanol–water partition coefficient (Wildman–Crippen LogP) is 4.19. The van der Waals surface area contributed by atoms with Crippen LogP contribution in [0.4, 0.5) is 23.2 Å². The van der Waals surface area contributed by atoms with Gasteiger partial charge >= 0.3 is 12.1 Å². The molecule has 1 N–H and O–H groups in total. The maximum Gasteiger partial charge on any atom is 0.471 e. The quantitative estimate of drug-likeness (QED) is 0.723. The van der Waals surface area contributed by atoms with E-state index in [2.05, 4.69) is 5.32 Å². The third-order valence-electron chi connectivity index (χ3n) is 5.11. The number of alkyl halides is 3. The number of halogens is 4. The van der Waals surface area contributed by atoms with Crippen molar-refractivity contribution in [3.63, 3.8) is 0 Å².